The Kier molecular flexibility index (Phi) is 3.94. The second-order valence-corrected chi connectivity index (χ2v) is 4.54. The fourth-order valence-electron chi connectivity index (χ4n) is 1.76. The van der Waals surface area contributed by atoms with Crippen LogP contribution in [-0.2, 0) is 0 Å². The standard InChI is InChI=1S/C9H18N8S/c1-11-13-9(18)17-7(10)12-8(14-17)16-5-3-15(2)4-6-16/h11H,3-6H2,1-2H3,(H,13,18)(H2,10,12,14). The van der Waals surface area contributed by atoms with E-state index in [0.29, 0.717) is 11.1 Å². The third kappa shape index (κ3) is 2.68. The summed E-state index contributed by atoms with van der Waals surface area (Å²) in [6, 6.07) is 0. The molecule has 0 saturated carbocycles. The first-order valence-corrected chi connectivity index (χ1v) is 6.15. The largest absolute Gasteiger partial charge is 0.368 e. The van der Waals surface area contributed by atoms with Crippen LogP contribution in [0.4, 0.5) is 11.9 Å². The van der Waals surface area contributed by atoms with Gasteiger partial charge in [0.05, 0.1) is 0 Å². The van der Waals surface area contributed by atoms with Crippen molar-refractivity contribution in [2.24, 2.45) is 0 Å². The Morgan fingerprint density at radius 1 is 1.33 bits per heavy atom. The first kappa shape index (κ1) is 13.0. The molecule has 0 aromatic carbocycles. The molecule has 4 N–H and O–H groups in total. The molecule has 1 aliphatic rings. The van der Waals surface area contributed by atoms with E-state index in [2.05, 4.69) is 37.8 Å². The van der Waals surface area contributed by atoms with Crippen LogP contribution in [0.1, 0.15) is 0 Å². The zero-order chi connectivity index (χ0) is 13.1. The van der Waals surface area contributed by atoms with Crippen LogP contribution < -0.4 is 21.5 Å². The van der Waals surface area contributed by atoms with Gasteiger partial charge in [0.1, 0.15) is 0 Å². The number of aromatic nitrogens is 3. The molecular formula is C9H18N8S. The molecule has 0 spiro atoms. The molecule has 0 atom stereocenters. The summed E-state index contributed by atoms with van der Waals surface area (Å²) < 4.78 is 1.42. The van der Waals surface area contributed by atoms with Gasteiger partial charge in [0, 0.05) is 33.2 Å². The molecule has 0 bridgehead atoms. The Bertz CT molecular complexity index is 422. The molecule has 100 valence electrons. The molecule has 18 heavy (non-hydrogen) atoms. The zero-order valence-electron chi connectivity index (χ0n) is 10.6. The monoisotopic (exact) mass is 270 g/mol. The van der Waals surface area contributed by atoms with Gasteiger partial charge < -0.3 is 15.5 Å². The second kappa shape index (κ2) is 5.46. The van der Waals surface area contributed by atoms with Gasteiger partial charge in [-0.3, -0.25) is 5.43 Å². The number of hydrogen-bond acceptors (Lipinski definition) is 7. The van der Waals surface area contributed by atoms with Crippen molar-refractivity contribution in [2.75, 3.05) is 50.9 Å². The second-order valence-electron chi connectivity index (χ2n) is 4.15. The number of rotatable bonds is 2. The molecule has 0 aliphatic carbocycles. The number of likely N-dealkylation sites (N-methyl/N-ethyl adjacent to an activating group) is 1. The molecule has 8 nitrogen and oxygen atoms in total. The average molecular weight is 270 g/mol. The Balaban J connectivity index is 2.11. The average Bonchev–Trinajstić information content (AvgIpc) is 2.72. The minimum absolute atomic E-state index is 0.289. The summed E-state index contributed by atoms with van der Waals surface area (Å²) in [6.07, 6.45) is 0. The number of hydrazine groups is 1. The number of hydrogen-bond donors (Lipinski definition) is 3. The van der Waals surface area contributed by atoms with Crippen molar-refractivity contribution in [3.8, 4) is 0 Å². The molecule has 0 unspecified atom stereocenters. The number of thiocarbonyl (C=S) groups is 1. The van der Waals surface area contributed by atoms with Crippen LogP contribution in [0.5, 0.6) is 0 Å². The number of nitrogens with two attached hydrogens (primary N) is 1. The third-order valence-electron chi connectivity index (χ3n) is 2.83. The van der Waals surface area contributed by atoms with Gasteiger partial charge in [-0.25, -0.2) is 5.43 Å². The summed E-state index contributed by atoms with van der Waals surface area (Å²) in [5.41, 5.74) is 11.3. The van der Waals surface area contributed by atoms with Crippen LogP contribution in [0.2, 0.25) is 0 Å². The van der Waals surface area contributed by atoms with E-state index in [1.165, 1.54) is 4.68 Å². The molecule has 1 aromatic heterocycles. The van der Waals surface area contributed by atoms with Gasteiger partial charge in [-0.15, -0.1) is 5.10 Å². The van der Waals surface area contributed by atoms with Crippen LogP contribution in [-0.4, -0.2) is 65.1 Å². The first-order valence-electron chi connectivity index (χ1n) is 5.75. The third-order valence-corrected chi connectivity index (χ3v) is 3.11. The lowest BCUT2D eigenvalue weighted by atomic mass is 10.3. The van der Waals surface area contributed by atoms with Crippen LogP contribution in [0.25, 0.3) is 0 Å². The molecule has 2 heterocycles. The maximum absolute atomic E-state index is 5.80. The smallest absolute Gasteiger partial charge is 0.247 e. The quantitative estimate of drug-likeness (QED) is 0.441. The summed E-state index contributed by atoms with van der Waals surface area (Å²) in [7, 11) is 3.82. The molecule has 1 aromatic rings. The first-order chi connectivity index (χ1) is 8.61. The van der Waals surface area contributed by atoms with Gasteiger partial charge in [0.15, 0.2) is 0 Å². The van der Waals surface area contributed by atoms with E-state index in [0.717, 1.165) is 26.2 Å². The highest BCUT2D eigenvalue weighted by Gasteiger charge is 2.20. The highest BCUT2D eigenvalue weighted by molar-refractivity contribution is 7.80. The summed E-state index contributed by atoms with van der Waals surface area (Å²) in [6.45, 7) is 3.78. The Labute approximate surface area is 111 Å². The maximum Gasteiger partial charge on any atom is 0.247 e. The van der Waals surface area contributed by atoms with E-state index < -0.39 is 0 Å². The molecule has 0 radical (unpaired) electrons. The van der Waals surface area contributed by atoms with Crippen LogP contribution in [0.3, 0.4) is 0 Å². The fraction of sp³-hybridized carbons (Fsp3) is 0.667. The van der Waals surface area contributed by atoms with E-state index in [1.54, 1.807) is 7.05 Å². The minimum Gasteiger partial charge on any atom is -0.368 e. The van der Waals surface area contributed by atoms with Crippen LogP contribution in [0.15, 0.2) is 0 Å². The lowest BCUT2D eigenvalue weighted by molar-refractivity contribution is 0.311. The Hall–Kier alpha value is -1.45. The van der Waals surface area contributed by atoms with Crippen molar-refractivity contribution in [3.05, 3.63) is 0 Å². The number of nitrogens with one attached hydrogen (secondary N) is 2. The Morgan fingerprint density at radius 3 is 2.61 bits per heavy atom. The maximum atomic E-state index is 5.80. The Morgan fingerprint density at radius 2 is 2.00 bits per heavy atom. The highest BCUT2D eigenvalue weighted by Crippen LogP contribution is 2.12. The van der Waals surface area contributed by atoms with E-state index in [4.69, 9.17) is 18.0 Å². The van der Waals surface area contributed by atoms with E-state index >= 15 is 0 Å². The fourth-order valence-corrected chi connectivity index (χ4v) is 2.00. The van der Waals surface area contributed by atoms with E-state index in [-0.39, 0.29) is 5.95 Å². The molecule has 1 fully saturated rings. The summed E-state index contributed by atoms with van der Waals surface area (Å²) >= 11 is 5.12. The van der Waals surface area contributed by atoms with Crippen molar-refractivity contribution in [1.29, 1.82) is 0 Å². The van der Waals surface area contributed by atoms with Crippen molar-refractivity contribution in [2.45, 2.75) is 0 Å². The normalized spacial score (nSPS) is 16.9. The highest BCUT2D eigenvalue weighted by atomic mass is 32.1. The number of nitrogens with zero attached hydrogens (tertiary/aromatic N) is 5. The van der Waals surface area contributed by atoms with Gasteiger partial charge in [-0.2, -0.15) is 9.67 Å². The SMILES string of the molecule is CNNC(=S)n1nc(N2CCN(C)CC2)nc1N. The van der Waals surface area contributed by atoms with Gasteiger partial charge >= 0.3 is 0 Å². The van der Waals surface area contributed by atoms with Gasteiger partial charge in [0.25, 0.3) is 0 Å². The molecular weight excluding hydrogens is 252 g/mol. The molecule has 1 aliphatic heterocycles. The molecule has 9 heteroatoms. The number of anilines is 2. The van der Waals surface area contributed by atoms with Gasteiger partial charge in [-0.1, -0.05) is 0 Å². The van der Waals surface area contributed by atoms with Crippen LogP contribution in [0, 0.1) is 0 Å². The predicted octanol–water partition coefficient (Wildman–Crippen LogP) is -1.53. The van der Waals surface area contributed by atoms with Crippen molar-refractivity contribution in [1.82, 2.24) is 30.5 Å². The number of piperazine rings is 1. The van der Waals surface area contributed by atoms with E-state index in [1.807, 2.05) is 0 Å². The summed E-state index contributed by atoms with van der Waals surface area (Å²) in [5.74, 6) is 0.914. The van der Waals surface area contributed by atoms with Gasteiger partial charge in [0.2, 0.25) is 17.0 Å². The lowest BCUT2D eigenvalue weighted by Gasteiger charge is -2.31. The number of nitrogen functional groups attached to an aromatic ring is 1. The summed E-state index contributed by atoms with van der Waals surface area (Å²) in [4.78, 5) is 8.62. The molecule has 0 amide bonds. The lowest BCUT2D eigenvalue weighted by Crippen LogP contribution is -2.45. The molecule has 1 saturated heterocycles. The van der Waals surface area contributed by atoms with Crippen molar-refractivity contribution in [3.63, 3.8) is 0 Å². The van der Waals surface area contributed by atoms with Gasteiger partial charge in [-0.05, 0) is 19.3 Å². The minimum atomic E-state index is 0.289. The van der Waals surface area contributed by atoms with Crippen LogP contribution >= 0.6 is 12.2 Å². The molecule has 2 rings (SSSR count). The zero-order valence-corrected chi connectivity index (χ0v) is 11.4. The summed E-state index contributed by atoms with van der Waals surface area (Å²) in [5, 5.41) is 4.70. The van der Waals surface area contributed by atoms with Crippen molar-refractivity contribution < 1.29 is 0 Å². The van der Waals surface area contributed by atoms with Crippen molar-refractivity contribution >= 4 is 29.2 Å². The predicted molar refractivity (Wildman–Crippen MR) is 74.3 cm³/mol. The topological polar surface area (TPSA) is 87.3 Å². The van der Waals surface area contributed by atoms with E-state index in [9.17, 15) is 0 Å².